The highest BCUT2D eigenvalue weighted by atomic mass is 32.2. The van der Waals surface area contributed by atoms with Gasteiger partial charge in [-0.3, -0.25) is 0 Å². The molecule has 1 rings (SSSR count). The van der Waals surface area contributed by atoms with Crippen molar-refractivity contribution in [3.63, 3.8) is 0 Å². The van der Waals surface area contributed by atoms with E-state index < -0.39 is 27.7 Å². The van der Waals surface area contributed by atoms with Crippen LogP contribution in [-0.2, 0) is 10.0 Å². The molecule has 1 fully saturated rings. The summed E-state index contributed by atoms with van der Waals surface area (Å²) in [5.41, 5.74) is 5.19. The molecule has 0 spiro atoms. The van der Waals surface area contributed by atoms with Crippen molar-refractivity contribution in [1.82, 2.24) is 4.72 Å². The Hall–Kier alpha value is -0.960. The van der Waals surface area contributed by atoms with E-state index in [2.05, 4.69) is 5.16 Å². The first-order valence-electron chi connectivity index (χ1n) is 4.15. The Bertz CT molecular complexity index is 353. The van der Waals surface area contributed by atoms with Gasteiger partial charge in [-0.2, -0.15) is 13.5 Å². The van der Waals surface area contributed by atoms with Gasteiger partial charge in [-0.05, 0) is 18.8 Å². The minimum absolute atomic E-state index is 0.172. The Labute approximate surface area is 85.2 Å². The van der Waals surface area contributed by atoms with Gasteiger partial charge in [0.15, 0.2) is 5.84 Å². The van der Waals surface area contributed by atoms with Crippen molar-refractivity contribution in [2.45, 2.75) is 24.6 Å². The molecule has 15 heavy (non-hydrogen) atoms. The lowest BCUT2D eigenvalue weighted by molar-refractivity contribution is 0.231. The zero-order valence-corrected chi connectivity index (χ0v) is 8.42. The van der Waals surface area contributed by atoms with Crippen LogP contribution in [0.4, 0.5) is 8.78 Å². The first-order valence-corrected chi connectivity index (χ1v) is 5.70. The Morgan fingerprint density at radius 2 is 2.07 bits per heavy atom. The molecule has 6 nitrogen and oxygen atoms in total. The fourth-order valence-corrected chi connectivity index (χ4v) is 1.89. The smallest absolute Gasteiger partial charge is 0.350 e. The van der Waals surface area contributed by atoms with E-state index in [1.54, 1.807) is 4.72 Å². The Morgan fingerprint density at radius 1 is 1.53 bits per heavy atom. The largest absolute Gasteiger partial charge is 0.409 e. The first kappa shape index (κ1) is 12.1. The normalized spacial score (nSPS) is 20.6. The molecular weight excluding hydrogens is 232 g/mol. The Kier molecular flexibility index (Phi) is 3.45. The monoisotopic (exact) mass is 243 g/mol. The highest BCUT2D eigenvalue weighted by Gasteiger charge is 2.39. The summed E-state index contributed by atoms with van der Waals surface area (Å²) in [6.45, 7) is 0. The van der Waals surface area contributed by atoms with Gasteiger partial charge in [0, 0.05) is 0 Å². The lowest BCUT2D eigenvalue weighted by Crippen LogP contribution is -2.47. The fourth-order valence-electron chi connectivity index (χ4n) is 1.12. The molecule has 0 aliphatic heterocycles. The second-order valence-corrected chi connectivity index (χ2v) is 4.95. The van der Waals surface area contributed by atoms with Crippen LogP contribution >= 0.6 is 0 Å². The van der Waals surface area contributed by atoms with Crippen molar-refractivity contribution in [2.24, 2.45) is 16.8 Å². The molecule has 1 atom stereocenters. The van der Waals surface area contributed by atoms with E-state index >= 15 is 0 Å². The molecule has 0 amide bonds. The predicted molar refractivity (Wildman–Crippen MR) is 48.0 cm³/mol. The number of hydrogen-bond donors (Lipinski definition) is 3. The maximum atomic E-state index is 12.0. The number of halogens is 2. The molecule has 9 heteroatoms. The third-order valence-electron chi connectivity index (χ3n) is 2.05. The standard InChI is InChI=1S/C6H11F2N3O3S/c7-6(8)15(13,14)11-4(3-1-2-3)5(9)10-12/h3-4,6,11-12H,1-2H2,(H2,9,10). The molecule has 0 aromatic heterocycles. The van der Waals surface area contributed by atoms with Crippen LogP contribution in [-0.4, -0.2) is 31.3 Å². The summed E-state index contributed by atoms with van der Waals surface area (Å²) in [5, 5.41) is 11.0. The van der Waals surface area contributed by atoms with Gasteiger partial charge in [-0.1, -0.05) is 5.16 Å². The van der Waals surface area contributed by atoms with Crippen LogP contribution < -0.4 is 10.5 Å². The van der Waals surface area contributed by atoms with Crippen LogP contribution in [0, 0.1) is 5.92 Å². The van der Waals surface area contributed by atoms with Gasteiger partial charge in [0.25, 0.3) is 10.0 Å². The molecule has 1 unspecified atom stereocenters. The van der Waals surface area contributed by atoms with Gasteiger partial charge in [0.05, 0.1) is 6.04 Å². The van der Waals surface area contributed by atoms with E-state index in [0.29, 0.717) is 12.8 Å². The van der Waals surface area contributed by atoms with Crippen molar-refractivity contribution in [3.8, 4) is 0 Å². The van der Waals surface area contributed by atoms with Gasteiger partial charge in [-0.25, -0.2) is 8.42 Å². The topological polar surface area (TPSA) is 105 Å². The molecule has 4 N–H and O–H groups in total. The molecule has 0 aromatic carbocycles. The highest BCUT2D eigenvalue weighted by Crippen LogP contribution is 2.33. The van der Waals surface area contributed by atoms with Gasteiger partial charge < -0.3 is 10.9 Å². The number of amidine groups is 1. The third kappa shape index (κ3) is 2.99. The number of oxime groups is 1. The van der Waals surface area contributed by atoms with Gasteiger partial charge in [-0.15, -0.1) is 0 Å². The molecule has 1 aliphatic carbocycles. The van der Waals surface area contributed by atoms with Crippen LogP contribution in [0.5, 0.6) is 0 Å². The third-order valence-corrected chi connectivity index (χ3v) is 3.10. The number of nitrogens with two attached hydrogens (primary N) is 1. The summed E-state index contributed by atoms with van der Waals surface area (Å²) in [6.07, 6.45) is 1.32. The molecule has 0 radical (unpaired) electrons. The van der Waals surface area contributed by atoms with Crippen molar-refractivity contribution in [1.29, 1.82) is 0 Å². The summed E-state index contributed by atoms with van der Waals surface area (Å²) < 4.78 is 47.5. The van der Waals surface area contributed by atoms with Crippen molar-refractivity contribution < 1.29 is 22.4 Å². The molecule has 1 aliphatic rings. The van der Waals surface area contributed by atoms with E-state index in [9.17, 15) is 17.2 Å². The molecule has 1 saturated carbocycles. The van der Waals surface area contributed by atoms with E-state index in [1.165, 1.54) is 0 Å². The van der Waals surface area contributed by atoms with E-state index in [-0.39, 0.29) is 5.92 Å². The summed E-state index contributed by atoms with van der Waals surface area (Å²) in [4.78, 5) is 0. The predicted octanol–water partition coefficient (Wildman–Crippen LogP) is -0.347. The van der Waals surface area contributed by atoms with Gasteiger partial charge >= 0.3 is 5.76 Å². The summed E-state index contributed by atoms with van der Waals surface area (Å²) in [7, 11) is -4.71. The van der Waals surface area contributed by atoms with Crippen molar-refractivity contribution in [3.05, 3.63) is 0 Å². The molecule has 0 aromatic rings. The average Bonchev–Trinajstić information content (AvgIpc) is 2.96. The second kappa shape index (κ2) is 4.27. The zero-order chi connectivity index (χ0) is 11.6. The number of rotatable bonds is 5. The number of nitrogens with one attached hydrogen (secondary N) is 1. The Morgan fingerprint density at radius 3 is 2.40 bits per heavy atom. The first-order chi connectivity index (χ1) is 6.88. The fraction of sp³-hybridized carbons (Fsp3) is 0.833. The molecule has 0 saturated heterocycles. The lowest BCUT2D eigenvalue weighted by Gasteiger charge is -2.15. The average molecular weight is 243 g/mol. The number of nitrogens with zero attached hydrogens (tertiary/aromatic N) is 1. The maximum Gasteiger partial charge on any atom is 0.350 e. The van der Waals surface area contributed by atoms with E-state index in [1.807, 2.05) is 0 Å². The van der Waals surface area contributed by atoms with Gasteiger partial charge in [0.2, 0.25) is 0 Å². The van der Waals surface area contributed by atoms with E-state index in [0.717, 1.165) is 0 Å². The van der Waals surface area contributed by atoms with Crippen LogP contribution in [0.25, 0.3) is 0 Å². The summed E-state index contributed by atoms with van der Waals surface area (Å²) >= 11 is 0. The van der Waals surface area contributed by atoms with Crippen LogP contribution in [0.2, 0.25) is 0 Å². The Balaban J connectivity index is 2.76. The zero-order valence-electron chi connectivity index (χ0n) is 7.60. The molecule has 0 bridgehead atoms. The number of alkyl halides is 2. The SMILES string of the molecule is NC(=NO)C(NS(=O)(=O)C(F)F)C1CC1. The van der Waals surface area contributed by atoms with Crippen molar-refractivity contribution in [2.75, 3.05) is 0 Å². The van der Waals surface area contributed by atoms with Crippen LogP contribution in [0.3, 0.4) is 0 Å². The number of sulfonamides is 1. The maximum absolute atomic E-state index is 12.0. The van der Waals surface area contributed by atoms with Crippen LogP contribution in [0.1, 0.15) is 12.8 Å². The summed E-state index contributed by atoms with van der Waals surface area (Å²) in [6, 6.07) is -1.05. The molecule has 88 valence electrons. The number of hydrogen-bond acceptors (Lipinski definition) is 4. The minimum Gasteiger partial charge on any atom is -0.409 e. The molecule has 0 heterocycles. The van der Waals surface area contributed by atoms with Crippen LogP contribution in [0.15, 0.2) is 5.16 Å². The van der Waals surface area contributed by atoms with Gasteiger partial charge in [0.1, 0.15) is 0 Å². The minimum atomic E-state index is -4.71. The van der Waals surface area contributed by atoms with Crippen molar-refractivity contribution >= 4 is 15.9 Å². The quantitative estimate of drug-likeness (QED) is 0.266. The highest BCUT2D eigenvalue weighted by molar-refractivity contribution is 7.89. The molecular formula is C6H11F2N3O3S. The summed E-state index contributed by atoms with van der Waals surface area (Å²) in [5.74, 6) is -4.10. The van der Waals surface area contributed by atoms with E-state index in [4.69, 9.17) is 10.9 Å². The lowest BCUT2D eigenvalue weighted by atomic mass is 10.2. The second-order valence-electron chi connectivity index (χ2n) is 3.26.